The van der Waals surface area contributed by atoms with E-state index >= 15 is 0 Å². The molecule has 5 nitrogen and oxygen atoms in total. The van der Waals surface area contributed by atoms with Crippen LogP contribution in [0.5, 0.6) is 0 Å². The van der Waals surface area contributed by atoms with Crippen LogP contribution in [0.1, 0.15) is 18.2 Å². The van der Waals surface area contributed by atoms with Gasteiger partial charge in [0.05, 0.1) is 17.1 Å². The van der Waals surface area contributed by atoms with E-state index in [0.717, 1.165) is 37.8 Å². The number of benzene rings is 1. The van der Waals surface area contributed by atoms with Crippen LogP contribution in [0, 0.1) is 18.3 Å². The van der Waals surface area contributed by atoms with Crippen LogP contribution >= 0.6 is 23.5 Å². The highest BCUT2D eigenvalue weighted by Gasteiger charge is 2.25. The van der Waals surface area contributed by atoms with Gasteiger partial charge >= 0.3 is 0 Å². The van der Waals surface area contributed by atoms with Crippen LogP contribution in [0.4, 0.5) is 11.4 Å². The highest BCUT2D eigenvalue weighted by Crippen LogP contribution is 2.45. The number of fused-ring (bicyclic) bond motifs is 4. The molecule has 23 heavy (non-hydrogen) atoms. The molecule has 1 aliphatic heterocycles. The average molecular weight is 339 g/mol. The number of hydrogen-bond donors (Lipinski definition) is 1. The number of hydrogen-bond acceptors (Lipinski definition) is 6. The summed E-state index contributed by atoms with van der Waals surface area (Å²) < 4.78 is 1.80. The molecule has 0 bridgehead atoms. The summed E-state index contributed by atoms with van der Waals surface area (Å²) in [6, 6.07) is 10.4. The number of aryl methyl sites for hydroxylation is 1. The van der Waals surface area contributed by atoms with Gasteiger partial charge in [-0.15, -0.1) is 11.8 Å². The van der Waals surface area contributed by atoms with Crippen molar-refractivity contribution in [1.29, 1.82) is 5.26 Å². The van der Waals surface area contributed by atoms with Crippen molar-refractivity contribution in [2.24, 2.45) is 0 Å². The normalized spacial score (nSPS) is 12.4. The van der Waals surface area contributed by atoms with Gasteiger partial charge in [0.2, 0.25) is 0 Å². The molecule has 0 saturated carbocycles. The van der Waals surface area contributed by atoms with Crippen molar-refractivity contribution in [3.8, 4) is 6.07 Å². The number of para-hydroxylation sites is 1. The highest BCUT2D eigenvalue weighted by atomic mass is 32.2. The molecule has 0 amide bonds. The van der Waals surface area contributed by atoms with Crippen LogP contribution < -0.4 is 5.32 Å². The van der Waals surface area contributed by atoms with Crippen LogP contribution in [-0.4, -0.2) is 20.4 Å². The van der Waals surface area contributed by atoms with Crippen LogP contribution in [-0.2, 0) is 0 Å². The molecule has 0 aliphatic carbocycles. The van der Waals surface area contributed by atoms with Gasteiger partial charge in [-0.1, -0.05) is 30.8 Å². The smallest absolute Gasteiger partial charge is 0.175 e. The van der Waals surface area contributed by atoms with Crippen LogP contribution in [0.25, 0.3) is 5.65 Å². The van der Waals surface area contributed by atoms with E-state index in [2.05, 4.69) is 40.5 Å². The van der Waals surface area contributed by atoms with Crippen molar-refractivity contribution in [2.45, 2.75) is 28.8 Å². The fraction of sp³-hybridized carbons (Fsp3) is 0.188. The lowest BCUT2D eigenvalue weighted by Gasteiger charge is -2.22. The Morgan fingerprint density at radius 3 is 3.00 bits per heavy atom. The predicted octanol–water partition coefficient (Wildman–Crippen LogP) is 4.23. The number of rotatable bonds is 2. The molecule has 0 saturated heterocycles. The van der Waals surface area contributed by atoms with Gasteiger partial charge in [0.25, 0.3) is 0 Å². The van der Waals surface area contributed by atoms with Gasteiger partial charge in [0.15, 0.2) is 5.65 Å². The molecule has 3 aromatic rings. The summed E-state index contributed by atoms with van der Waals surface area (Å²) in [5.74, 6) is 0.869. The molecule has 4 rings (SSSR count). The summed E-state index contributed by atoms with van der Waals surface area (Å²) in [4.78, 5) is 5.77. The SMILES string of the molecule is CCSc1nn2c3c(c(C)nc2c1C#N)Nc1ccccc1S3. The molecule has 0 unspecified atom stereocenters. The summed E-state index contributed by atoms with van der Waals surface area (Å²) in [7, 11) is 0. The largest absolute Gasteiger partial charge is 0.351 e. The Morgan fingerprint density at radius 2 is 2.22 bits per heavy atom. The first-order chi connectivity index (χ1) is 11.2. The minimum atomic E-state index is 0.558. The van der Waals surface area contributed by atoms with Gasteiger partial charge in [-0.2, -0.15) is 10.4 Å². The van der Waals surface area contributed by atoms with Crippen molar-refractivity contribution < 1.29 is 0 Å². The molecule has 1 aromatic carbocycles. The molecule has 3 heterocycles. The van der Waals surface area contributed by atoms with Crippen LogP contribution in [0.15, 0.2) is 39.2 Å². The number of nitrogens with one attached hydrogen (secondary N) is 1. The molecule has 7 heteroatoms. The molecular weight excluding hydrogens is 326 g/mol. The maximum atomic E-state index is 9.51. The Balaban J connectivity index is 1.99. The lowest BCUT2D eigenvalue weighted by molar-refractivity contribution is 0.803. The molecule has 2 aromatic heterocycles. The van der Waals surface area contributed by atoms with Gasteiger partial charge < -0.3 is 5.32 Å². The number of aromatic nitrogens is 3. The molecule has 0 fully saturated rings. The predicted molar refractivity (Wildman–Crippen MR) is 92.7 cm³/mol. The number of anilines is 2. The topological polar surface area (TPSA) is 66.0 Å². The Kier molecular flexibility index (Phi) is 3.43. The lowest BCUT2D eigenvalue weighted by Crippen LogP contribution is -2.08. The van der Waals surface area contributed by atoms with E-state index in [1.165, 1.54) is 0 Å². The van der Waals surface area contributed by atoms with Gasteiger partial charge in [0.1, 0.15) is 21.7 Å². The number of thioether (sulfide) groups is 1. The van der Waals surface area contributed by atoms with Crippen LogP contribution in [0.3, 0.4) is 0 Å². The maximum Gasteiger partial charge on any atom is 0.175 e. The third kappa shape index (κ3) is 2.18. The quantitative estimate of drug-likeness (QED) is 0.435. The van der Waals surface area contributed by atoms with Gasteiger partial charge in [-0.25, -0.2) is 9.50 Å². The first-order valence-electron chi connectivity index (χ1n) is 7.23. The van der Waals surface area contributed by atoms with E-state index in [1.807, 2.05) is 19.1 Å². The van der Waals surface area contributed by atoms with E-state index < -0.39 is 0 Å². The van der Waals surface area contributed by atoms with E-state index in [1.54, 1.807) is 28.0 Å². The number of nitrogens with zero attached hydrogens (tertiary/aromatic N) is 4. The molecule has 1 N–H and O–H groups in total. The van der Waals surface area contributed by atoms with Crippen LogP contribution in [0.2, 0.25) is 0 Å². The summed E-state index contributed by atoms with van der Waals surface area (Å²) in [6.45, 7) is 4.01. The molecule has 0 spiro atoms. The molecule has 0 atom stereocenters. The zero-order chi connectivity index (χ0) is 16.0. The van der Waals surface area contributed by atoms with Crippen molar-refractivity contribution in [3.63, 3.8) is 0 Å². The zero-order valence-electron chi connectivity index (χ0n) is 12.6. The second kappa shape index (κ2) is 5.48. The Hall–Kier alpha value is -2.17. The minimum Gasteiger partial charge on any atom is -0.351 e. The van der Waals surface area contributed by atoms with E-state index in [-0.39, 0.29) is 0 Å². The fourth-order valence-corrected chi connectivity index (χ4v) is 4.37. The Morgan fingerprint density at radius 1 is 1.39 bits per heavy atom. The van der Waals surface area contributed by atoms with E-state index in [0.29, 0.717) is 11.2 Å². The Labute approximate surface area is 142 Å². The third-order valence-corrected chi connectivity index (χ3v) is 5.61. The van der Waals surface area contributed by atoms with Gasteiger partial charge in [0, 0.05) is 4.90 Å². The van der Waals surface area contributed by atoms with Crippen molar-refractivity contribution in [2.75, 3.05) is 11.1 Å². The van der Waals surface area contributed by atoms with Gasteiger partial charge in [-0.05, 0) is 24.8 Å². The standard InChI is InChI=1S/C16H13N5S2/c1-3-22-15-10(8-17)14-18-9(2)13-16(21(14)20-15)23-12-7-5-4-6-11(12)19-13/h4-7,19H,3H2,1-2H3. The average Bonchev–Trinajstić information content (AvgIpc) is 2.91. The monoisotopic (exact) mass is 339 g/mol. The highest BCUT2D eigenvalue weighted by molar-refractivity contribution is 7.99. The van der Waals surface area contributed by atoms with Gasteiger partial charge in [-0.3, -0.25) is 0 Å². The molecule has 114 valence electrons. The van der Waals surface area contributed by atoms with Crippen molar-refractivity contribution in [3.05, 3.63) is 35.5 Å². The summed E-state index contributed by atoms with van der Waals surface area (Å²) in [5, 5.41) is 19.3. The second-order valence-electron chi connectivity index (χ2n) is 5.06. The van der Waals surface area contributed by atoms with E-state index in [9.17, 15) is 5.26 Å². The van der Waals surface area contributed by atoms with Crippen molar-refractivity contribution in [1.82, 2.24) is 14.6 Å². The second-order valence-corrected chi connectivity index (χ2v) is 7.34. The molecule has 0 radical (unpaired) electrons. The summed E-state index contributed by atoms with van der Waals surface area (Å²) in [5.41, 5.74) is 4.10. The van der Waals surface area contributed by atoms with E-state index in [4.69, 9.17) is 0 Å². The summed E-state index contributed by atoms with van der Waals surface area (Å²) >= 11 is 3.23. The first-order valence-corrected chi connectivity index (χ1v) is 9.03. The minimum absolute atomic E-state index is 0.558. The first kappa shape index (κ1) is 14.4. The van der Waals surface area contributed by atoms with Crippen molar-refractivity contribution >= 4 is 40.5 Å². The molecular formula is C16H13N5S2. The third-order valence-electron chi connectivity index (χ3n) is 3.62. The maximum absolute atomic E-state index is 9.51. The summed E-state index contributed by atoms with van der Waals surface area (Å²) in [6.07, 6.45) is 0. The fourth-order valence-electron chi connectivity index (χ4n) is 2.58. The zero-order valence-corrected chi connectivity index (χ0v) is 14.3. The number of nitriles is 1. The molecule has 1 aliphatic rings. The Bertz CT molecular complexity index is 971. The lowest BCUT2D eigenvalue weighted by atomic mass is 10.2.